The van der Waals surface area contributed by atoms with E-state index in [1.54, 1.807) is 43.7 Å². The fourth-order valence-electron chi connectivity index (χ4n) is 2.17. The molecule has 1 heterocycles. The Balaban J connectivity index is 1.66. The number of nitrogens with zero attached hydrogens (tertiary/aromatic N) is 4. The molecule has 0 fully saturated rings. The van der Waals surface area contributed by atoms with Crippen molar-refractivity contribution < 1.29 is 22.6 Å². The third kappa shape index (κ3) is 4.97. The van der Waals surface area contributed by atoms with Crippen LogP contribution in [0.15, 0.2) is 54.7 Å². The van der Waals surface area contributed by atoms with Gasteiger partial charge in [0.2, 0.25) is 0 Å². The van der Waals surface area contributed by atoms with Crippen molar-refractivity contribution in [1.29, 1.82) is 0 Å². The first-order valence-electron chi connectivity index (χ1n) is 7.66. The summed E-state index contributed by atoms with van der Waals surface area (Å²) in [6.45, 7) is 0. The fraction of sp³-hybridized carbons (Fsp3) is 0.118. The van der Waals surface area contributed by atoms with Gasteiger partial charge in [-0.05, 0) is 59.0 Å². The van der Waals surface area contributed by atoms with Gasteiger partial charge in [0.1, 0.15) is 11.5 Å². The Hall–Kier alpha value is -3.56. The summed E-state index contributed by atoms with van der Waals surface area (Å²) in [5.74, 6) is 0.883. The van der Waals surface area contributed by atoms with Gasteiger partial charge in [-0.25, -0.2) is 0 Å². The summed E-state index contributed by atoms with van der Waals surface area (Å²) in [5.41, 5.74) is 1.32. The van der Waals surface area contributed by atoms with Gasteiger partial charge in [0.05, 0.1) is 12.8 Å². The summed E-state index contributed by atoms with van der Waals surface area (Å²) in [5, 5.41) is 14.4. The summed E-state index contributed by atoms with van der Waals surface area (Å²) >= 11 is 0. The molecule has 0 unspecified atom stereocenters. The van der Waals surface area contributed by atoms with Crippen LogP contribution in [0, 0.1) is 0 Å². The summed E-state index contributed by atoms with van der Waals surface area (Å²) in [6, 6.07) is 12.5. The maximum absolute atomic E-state index is 12.1. The number of benzene rings is 2. The quantitative estimate of drug-likeness (QED) is 0.707. The first-order valence-corrected chi connectivity index (χ1v) is 7.66. The van der Waals surface area contributed by atoms with Crippen molar-refractivity contribution in [3.05, 3.63) is 60.6 Å². The number of methoxy groups -OCH3 is 1. The normalized spacial score (nSPS) is 11.6. The number of ether oxygens (including phenoxy) is 2. The third-order valence-corrected chi connectivity index (χ3v) is 3.38. The molecule has 3 rings (SSSR count). The number of alkyl halides is 3. The second-order valence-electron chi connectivity index (χ2n) is 5.20. The van der Waals surface area contributed by atoms with Crippen LogP contribution in [0.4, 0.5) is 18.9 Å². The lowest BCUT2D eigenvalue weighted by molar-refractivity contribution is -0.274. The van der Waals surface area contributed by atoms with Crippen LogP contribution in [-0.2, 0) is 0 Å². The molecule has 2 aromatic carbocycles. The van der Waals surface area contributed by atoms with Crippen LogP contribution in [0.3, 0.4) is 0 Å². The standard InChI is InChI=1S/C17H14F3N5O2/c1-26-14-8-4-13(5-9-14)25-16(22-23-24-25)10-11-21-12-2-6-15(7-3-12)27-17(18,19)20/h2-11,21H,1H3. The zero-order chi connectivity index (χ0) is 19.3. The lowest BCUT2D eigenvalue weighted by Gasteiger charge is -2.09. The van der Waals surface area contributed by atoms with Crippen molar-refractivity contribution in [1.82, 2.24) is 20.2 Å². The topological polar surface area (TPSA) is 74.1 Å². The van der Waals surface area contributed by atoms with Crippen molar-refractivity contribution in [2.24, 2.45) is 0 Å². The predicted octanol–water partition coefficient (Wildman–Crippen LogP) is 3.65. The number of aromatic nitrogens is 4. The van der Waals surface area contributed by atoms with Crippen LogP contribution < -0.4 is 14.8 Å². The average Bonchev–Trinajstić information content (AvgIpc) is 3.10. The summed E-state index contributed by atoms with van der Waals surface area (Å²) in [7, 11) is 1.58. The maximum Gasteiger partial charge on any atom is 0.573 e. The molecule has 7 nitrogen and oxygen atoms in total. The highest BCUT2D eigenvalue weighted by atomic mass is 19.4. The van der Waals surface area contributed by atoms with Crippen LogP contribution in [0.1, 0.15) is 5.82 Å². The first-order chi connectivity index (χ1) is 12.9. The summed E-state index contributed by atoms with van der Waals surface area (Å²) < 4.78 is 46.9. The molecule has 0 aliphatic carbocycles. The maximum atomic E-state index is 12.1. The number of nitrogens with one attached hydrogen (secondary N) is 1. The van der Waals surface area contributed by atoms with Crippen molar-refractivity contribution in [3.63, 3.8) is 0 Å². The van der Waals surface area contributed by atoms with Crippen molar-refractivity contribution in [2.75, 3.05) is 12.4 Å². The van der Waals surface area contributed by atoms with E-state index in [4.69, 9.17) is 4.74 Å². The molecule has 0 bridgehead atoms. The zero-order valence-electron chi connectivity index (χ0n) is 14.0. The Morgan fingerprint density at radius 1 is 1.00 bits per heavy atom. The van der Waals surface area contributed by atoms with E-state index in [0.717, 1.165) is 5.69 Å². The number of anilines is 1. The molecule has 3 aromatic rings. The molecule has 27 heavy (non-hydrogen) atoms. The Morgan fingerprint density at radius 3 is 2.30 bits per heavy atom. The van der Waals surface area contributed by atoms with Gasteiger partial charge in [-0.15, -0.1) is 18.3 Å². The van der Waals surface area contributed by atoms with Crippen LogP contribution in [0.2, 0.25) is 0 Å². The molecular weight excluding hydrogens is 363 g/mol. The zero-order valence-corrected chi connectivity index (χ0v) is 14.0. The van der Waals surface area contributed by atoms with Gasteiger partial charge >= 0.3 is 6.36 Å². The largest absolute Gasteiger partial charge is 0.573 e. The second kappa shape index (κ2) is 7.77. The van der Waals surface area contributed by atoms with Crippen molar-refractivity contribution >= 4 is 11.8 Å². The highest BCUT2D eigenvalue weighted by Crippen LogP contribution is 2.24. The van der Waals surface area contributed by atoms with E-state index in [0.29, 0.717) is 17.3 Å². The molecule has 0 aliphatic rings. The van der Waals surface area contributed by atoms with Crippen molar-refractivity contribution in [3.8, 4) is 17.2 Å². The minimum Gasteiger partial charge on any atom is -0.497 e. The molecule has 140 valence electrons. The van der Waals surface area contributed by atoms with E-state index in [-0.39, 0.29) is 5.75 Å². The lowest BCUT2D eigenvalue weighted by atomic mass is 10.3. The Morgan fingerprint density at radius 2 is 1.67 bits per heavy atom. The number of hydrogen-bond acceptors (Lipinski definition) is 6. The molecule has 0 amide bonds. The van der Waals surface area contributed by atoms with Crippen molar-refractivity contribution in [2.45, 2.75) is 6.36 Å². The number of halogens is 3. The number of rotatable bonds is 6. The van der Waals surface area contributed by atoms with Gasteiger partial charge in [-0.2, -0.15) is 4.68 Å². The van der Waals surface area contributed by atoms with Gasteiger partial charge in [-0.1, -0.05) is 0 Å². The summed E-state index contributed by atoms with van der Waals surface area (Å²) in [4.78, 5) is 0. The first kappa shape index (κ1) is 18.2. The lowest BCUT2D eigenvalue weighted by Crippen LogP contribution is -2.16. The van der Waals surface area contributed by atoms with Crippen LogP contribution in [-0.4, -0.2) is 33.7 Å². The van der Waals surface area contributed by atoms with Crippen LogP contribution >= 0.6 is 0 Å². The van der Waals surface area contributed by atoms with E-state index in [2.05, 4.69) is 25.6 Å². The fourth-order valence-corrected chi connectivity index (χ4v) is 2.17. The highest BCUT2D eigenvalue weighted by Gasteiger charge is 2.30. The van der Waals surface area contributed by atoms with Crippen LogP contribution in [0.25, 0.3) is 11.8 Å². The Kier molecular flexibility index (Phi) is 5.25. The molecule has 0 radical (unpaired) electrons. The van der Waals surface area contributed by atoms with Crippen LogP contribution in [0.5, 0.6) is 11.5 Å². The molecule has 10 heteroatoms. The SMILES string of the molecule is COc1ccc(-n2nnnc2C=CNc2ccc(OC(F)(F)F)cc2)cc1. The molecule has 1 N–H and O–H groups in total. The molecule has 0 saturated heterocycles. The average molecular weight is 377 g/mol. The van der Waals surface area contributed by atoms with E-state index < -0.39 is 6.36 Å². The predicted molar refractivity (Wildman–Crippen MR) is 91.5 cm³/mol. The Bertz CT molecular complexity index is 906. The minimum absolute atomic E-state index is 0.291. The van der Waals surface area contributed by atoms with Gasteiger partial charge in [0.25, 0.3) is 0 Å². The molecule has 0 spiro atoms. The van der Waals surface area contributed by atoms with E-state index in [9.17, 15) is 13.2 Å². The number of hydrogen-bond donors (Lipinski definition) is 1. The molecule has 0 aliphatic heterocycles. The Labute approximate surface area is 152 Å². The molecule has 0 atom stereocenters. The molecular formula is C17H14F3N5O2. The highest BCUT2D eigenvalue weighted by molar-refractivity contribution is 5.53. The smallest absolute Gasteiger partial charge is 0.497 e. The monoisotopic (exact) mass is 377 g/mol. The second-order valence-corrected chi connectivity index (χ2v) is 5.20. The van der Waals surface area contributed by atoms with E-state index >= 15 is 0 Å². The van der Waals surface area contributed by atoms with Gasteiger partial charge < -0.3 is 14.8 Å². The van der Waals surface area contributed by atoms with E-state index in [1.807, 2.05) is 0 Å². The molecule has 0 saturated carbocycles. The minimum atomic E-state index is -4.71. The van der Waals surface area contributed by atoms with Gasteiger partial charge in [0.15, 0.2) is 5.82 Å². The van der Waals surface area contributed by atoms with Gasteiger partial charge in [-0.3, -0.25) is 0 Å². The number of tetrazole rings is 1. The molecule has 1 aromatic heterocycles. The van der Waals surface area contributed by atoms with E-state index in [1.165, 1.54) is 28.9 Å². The summed E-state index contributed by atoms with van der Waals surface area (Å²) in [6.07, 6.45) is -1.51. The third-order valence-electron chi connectivity index (χ3n) is 3.38. The van der Waals surface area contributed by atoms with Gasteiger partial charge in [0, 0.05) is 18.0 Å².